The lowest BCUT2D eigenvalue weighted by Gasteiger charge is -2.06. The summed E-state index contributed by atoms with van der Waals surface area (Å²) in [5.74, 6) is 0.911. The van der Waals surface area contributed by atoms with Crippen LogP contribution in [-0.4, -0.2) is 0 Å². The first-order valence-electron chi connectivity index (χ1n) is 5.96. The van der Waals surface area contributed by atoms with Gasteiger partial charge in [-0.1, -0.05) is 31.4 Å². The fraction of sp³-hybridized carbons (Fsp3) is 0.429. The maximum Gasteiger partial charge on any atom is 0.134 e. The van der Waals surface area contributed by atoms with Crippen LogP contribution in [0.25, 0.3) is 11.0 Å². The molecular formula is C14H19NO. The third-order valence-electron chi connectivity index (χ3n) is 2.92. The average Bonchev–Trinajstić information content (AvgIpc) is 2.68. The molecule has 86 valence electrons. The molecule has 0 bridgehead atoms. The largest absolute Gasteiger partial charge is 0.459 e. The molecule has 2 heteroatoms. The number of benzene rings is 1. The van der Waals surface area contributed by atoms with Crippen molar-refractivity contribution in [3.63, 3.8) is 0 Å². The van der Waals surface area contributed by atoms with Crippen LogP contribution in [0.2, 0.25) is 0 Å². The van der Waals surface area contributed by atoms with Gasteiger partial charge in [0, 0.05) is 5.39 Å². The Hall–Kier alpha value is -1.28. The van der Waals surface area contributed by atoms with Crippen molar-refractivity contribution in [2.45, 2.75) is 39.2 Å². The number of aryl methyl sites for hydroxylation is 1. The summed E-state index contributed by atoms with van der Waals surface area (Å²) in [6.45, 7) is 4.26. The molecule has 1 heterocycles. The summed E-state index contributed by atoms with van der Waals surface area (Å²) in [5.41, 5.74) is 8.28. The van der Waals surface area contributed by atoms with Gasteiger partial charge in [-0.2, -0.15) is 0 Å². The van der Waals surface area contributed by atoms with E-state index in [0.717, 1.165) is 29.6 Å². The summed E-state index contributed by atoms with van der Waals surface area (Å²) < 4.78 is 5.76. The fourth-order valence-electron chi connectivity index (χ4n) is 1.93. The molecule has 1 atom stereocenters. The Morgan fingerprint density at radius 1 is 1.31 bits per heavy atom. The maximum atomic E-state index is 6.09. The molecule has 0 aliphatic rings. The second kappa shape index (κ2) is 4.71. The number of unbranched alkanes of at least 4 members (excludes halogenated alkanes) is 1. The first-order valence-corrected chi connectivity index (χ1v) is 5.96. The molecule has 0 amide bonds. The van der Waals surface area contributed by atoms with E-state index in [1.807, 2.05) is 6.07 Å². The van der Waals surface area contributed by atoms with E-state index in [1.54, 1.807) is 0 Å². The van der Waals surface area contributed by atoms with E-state index in [-0.39, 0.29) is 6.04 Å². The monoisotopic (exact) mass is 217 g/mol. The van der Waals surface area contributed by atoms with Gasteiger partial charge in [0.15, 0.2) is 0 Å². The van der Waals surface area contributed by atoms with Gasteiger partial charge in [-0.25, -0.2) is 0 Å². The minimum absolute atomic E-state index is 0.0349. The molecule has 0 saturated carbocycles. The van der Waals surface area contributed by atoms with E-state index >= 15 is 0 Å². The van der Waals surface area contributed by atoms with Crippen molar-refractivity contribution in [3.8, 4) is 0 Å². The van der Waals surface area contributed by atoms with E-state index in [4.69, 9.17) is 10.2 Å². The maximum absolute atomic E-state index is 6.09. The lowest BCUT2D eigenvalue weighted by Crippen LogP contribution is -2.08. The van der Waals surface area contributed by atoms with Crippen LogP contribution in [0.15, 0.2) is 28.7 Å². The fourth-order valence-corrected chi connectivity index (χ4v) is 1.93. The summed E-state index contributed by atoms with van der Waals surface area (Å²) in [6, 6.07) is 8.32. The zero-order valence-corrected chi connectivity index (χ0v) is 9.99. The number of hydrogen-bond acceptors (Lipinski definition) is 2. The molecule has 2 aromatic rings. The summed E-state index contributed by atoms with van der Waals surface area (Å²) in [7, 11) is 0. The molecule has 0 aliphatic carbocycles. The zero-order valence-electron chi connectivity index (χ0n) is 9.99. The van der Waals surface area contributed by atoms with Crippen LogP contribution < -0.4 is 5.73 Å². The number of hydrogen-bond donors (Lipinski definition) is 1. The van der Waals surface area contributed by atoms with Gasteiger partial charge in [-0.05, 0) is 31.5 Å². The van der Waals surface area contributed by atoms with E-state index < -0.39 is 0 Å². The van der Waals surface area contributed by atoms with Crippen molar-refractivity contribution in [1.82, 2.24) is 0 Å². The average molecular weight is 217 g/mol. The Bertz CT molecular complexity index is 473. The van der Waals surface area contributed by atoms with Crippen LogP contribution in [0, 0.1) is 6.92 Å². The summed E-state index contributed by atoms with van der Waals surface area (Å²) in [4.78, 5) is 0. The Morgan fingerprint density at radius 3 is 2.88 bits per heavy atom. The second-order valence-corrected chi connectivity index (χ2v) is 4.44. The van der Waals surface area contributed by atoms with E-state index in [0.29, 0.717) is 0 Å². The van der Waals surface area contributed by atoms with Gasteiger partial charge in [0.1, 0.15) is 11.3 Å². The molecule has 0 aliphatic heterocycles. The van der Waals surface area contributed by atoms with Crippen molar-refractivity contribution >= 4 is 11.0 Å². The number of fused-ring (bicyclic) bond motifs is 1. The third-order valence-corrected chi connectivity index (χ3v) is 2.92. The third kappa shape index (κ3) is 2.27. The van der Waals surface area contributed by atoms with E-state index in [9.17, 15) is 0 Å². The number of rotatable bonds is 4. The molecule has 0 spiro atoms. The Morgan fingerprint density at radius 2 is 2.12 bits per heavy atom. The smallest absolute Gasteiger partial charge is 0.134 e. The zero-order chi connectivity index (χ0) is 11.5. The van der Waals surface area contributed by atoms with Gasteiger partial charge in [0.25, 0.3) is 0 Å². The SMILES string of the molecule is CCCCC(N)c1cc2cc(C)ccc2o1. The molecular weight excluding hydrogens is 198 g/mol. The topological polar surface area (TPSA) is 39.2 Å². The highest BCUT2D eigenvalue weighted by Gasteiger charge is 2.11. The van der Waals surface area contributed by atoms with Crippen molar-refractivity contribution < 1.29 is 4.42 Å². The van der Waals surface area contributed by atoms with Crippen LogP contribution in [-0.2, 0) is 0 Å². The molecule has 1 aromatic heterocycles. The molecule has 0 radical (unpaired) electrons. The molecule has 0 saturated heterocycles. The lowest BCUT2D eigenvalue weighted by molar-refractivity contribution is 0.468. The minimum Gasteiger partial charge on any atom is -0.459 e. The highest BCUT2D eigenvalue weighted by atomic mass is 16.3. The number of furan rings is 1. The standard InChI is InChI=1S/C14H19NO/c1-3-4-5-12(15)14-9-11-8-10(2)6-7-13(11)16-14/h6-9,12H,3-5,15H2,1-2H3. The van der Waals surface area contributed by atoms with Gasteiger partial charge >= 0.3 is 0 Å². The first-order chi connectivity index (χ1) is 7.70. The Labute approximate surface area is 96.4 Å². The molecule has 2 N–H and O–H groups in total. The minimum atomic E-state index is 0.0349. The highest BCUT2D eigenvalue weighted by Crippen LogP contribution is 2.26. The Kier molecular flexibility index (Phi) is 3.30. The second-order valence-electron chi connectivity index (χ2n) is 4.44. The Balaban J connectivity index is 2.25. The highest BCUT2D eigenvalue weighted by molar-refractivity contribution is 5.78. The first kappa shape index (κ1) is 11.2. The van der Waals surface area contributed by atoms with Gasteiger partial charge in [0.2, 0.25) is 0 Å². The van der Waals surface area contributed by atoms with Crippen molar-refractivity contribution in [1.29, 1.82) is 0 Å². The van der Waals surface area contributed by atoms with Crippen LogP contribution in [0.5, 0.6) is 0 Å². The van der Waals surface area contributed by atoms with E-state index in [2.05, 4.69) is 32.0 Å². The molecule has 1 aromatic carbocycles. The van der Waals surface area contributed by atoms with Crippen molar-refractivity contribution in [2.24, 2.45) is 5.73 Å². The molecule has 16 heavy (non-hydrogen) atoms. The van der Waals surface area contributed by atoms with Crippen LogP contribution >= 0.6 is 0 Å². The molecule has 1 unspecified atom stereocenters. The molecule has 2 rings (SSSR count). The van der Waals surface area contributed by atoms with Gasteiger partial charge in [-0.15, -0.1) is 0 Å². The predicted octanol–water partition coefficient (Wildman–Crippen LogP) is 3.93. The summed E-state index contributed by atoms with van der Waals surface area (Å²) in [5, 5.41) is 1.15. The lowest BCUT2D eigenvalue weighted by atomic mass is 10.1. The number of nitrogens with two attached hydrogens (primary N) is 1. The molecule has 0 fully saturated rings. The van der Waals surface area contributed by atoms with Crippen LogP contribution in [0.3, 0.4) is 0 Å². The van der Waals surface area contributed by atoms with Crippen molar-refractivity contribution in [3.05, 3.63) is 35.6 Å². The van der Waals surface area contributed by atoms with Crippen molar-refractivity contribution in [2.75, 3.05) is 0 Å². The predicted molar refractivity (Wildman–Crippen MR) is 67.4 cm³/mol. The van der Waals surface area contributed by atoms with Gasteiger partial charge < -0.3 is 10.2 Å². The summed E-state index contributed by atoms with van der Waals surface area (Å²) in [6.07, 6.45) is 3.32. The van der Waals surface area contributed by atoms with Gasteiger partial charge in [-0.3, -0.25) is 0 Å². The van der Waals surface area contributed by atoms with Gasteiger partial charge in [0.05, 0.1) is 6.04 Å². The van der Waals surface area contributed by atoms with Crippen LogP contribution in [0.4, 0.5) is 0 Å². The molecule has 2 nitrogen and oxygen atoms in total. The van der Waals surface area contributed by atoms with Crippen LogP contribution in [0.1, 0.15) is 43.6 Å². The van der Waals surface area contributed by atoms with E-state index in [1.165, 1.54) is 12.0 Å². The normalized spacial score (nSPS) is 13.2. The summed E-state index contributed by atoms with van der Waals surface area (Å²) >= 11 is 0. The quantitative estimate of drug-likeness (QED) is 0.842.